The molecule has 6 heteroatoms. The van der Waals surface area contributed by atoms with Gasteiger partial charge in [-0.05, 0) is 43.0 Å². The fourth-order valence-electron chi connectivity index (χ4n) is 3.52. The van der Waals surface area contributed by atoms with Crippen LogP contribution in [0.5, 0.6) is 0 Å². The van der Waals surface area contributed by atoms with Gasteiger partial charge >= 0.3 is 0 Å². The van der Waals surface area contributed by atoms with E-state index in [4.69, 9.17) is 23.2 Å². The quantitative estimate of drug-likeness (QED) is 0.724. The number of hydrogen-bond acceptors (Lipinski definition) is 3. The first-order valence-corrected chi connectivity index (χ1v) is 9.77. The topological polar surface area (TPSA) is 26.8 Å². The van der Waals surface area contributed by atoms with E-state index in [-0.39, 0.29) is 5.91 Å². The van der Waals surface area contributed by atoms with Crippen LogP contribution in [0.15, 0.2) is 42.5 Å². The number of benzene rings is 2. The second kappa shape index (κ2) is 7.64. The molecule has 2 heterocycles. The average molecular weight is 402 g/mol. The third-order valence-corrected chi connectivity index (χ3v) is 5.62. The van der Waals surface area contributed by atoms with E-state index in [1.165, 1.54) is 0 Å². The van der Waals surface area contributed by atoms with Gasteiger partial charge in [-0.15, -0.1) is 0 Å². The number of nitrogens with zero attached hydrogens (tertiary/aromatic N) is 3. The molecule has 2 aromatic rings. The van der Waals surface area contributed by atoms with Crippen molar-refractivity contribution in [1.29, 1.82) is 0 Å². The summed E-state index contributed by atoms with van der Waals surface area (Å²) in [6.45, 7) is 4.51. The monoisotopic (exact) mass is 401 g/mol. The van der Waals surface area contributed by atoms with Crippen LogP contribution in [0.3, 0.4) is 0 Å². The SMILES string of the molecule is CN1CCN(CN2C(=O)/C(=C\c3ccc(Cl)cc3)c3ccc(Cl)cc32)CC1. The van der Waals surface area contributed by atoms with Crippen LogP contribution < -0.4 is 4.90 Å². The number of halogens is 2. The number of carbonyl (C=O) groups is 1. The van der Waals surface area contributed by atoms with E-state index < -0.39 is 0 Å². The van der Waals surface area contributed by atoms with E-state index in [9.17, 15) is 4.79 Å². The molecule has 4 nitrogen and oxygen atoms in total. The highest BCUT2D eigenvalue weighted by molar-refractivity contribution is 6.37. The Morgan fingerprint density at radius 1 is 0.963 bits per heavy atom. The minimum Gasteiger partial charge on any atom is -0.304 e. The van der Waals surface area contributed by atoms with E-state index in [0.717, 1.165) is 43.0 Å². The van der Waals surface area contributed by atoms with E-state index in [1.807, 2.05) is 53.4 Å². The largest absolute Gasteiger partial charge is 0.304 e. The molecule has 1 fully saturated rings. The lowest BCUT2D eigenvalue weighted by Crippen LogP contribution is -2.49. The Morgan fingerprint density at radius 2 is 1.63 bits per heavy atom. The molecule has 27 heavy (non-hydrogen) atoms. The van der Waals surface area contributed by atoms with Crippen LogP contribution in [-0.2, 0) is 4.79 Å². The molecule has 0 atom stereocenters. The molecule has 2 aliphatic rings. The lowest BCUT2D eigenvalue weighted by atomic mass is 10.0. The first-order chi connectivity index (χ1) is 13.0. The summed E-state index contributed by atoms with van der Waals surface area (Å²) in [6, 6.07) is 13.1. The third-order valence-electron chi connectivity index (χ3n) is 5.13. The van der Waals surface area contributed by atoms with Gasteiger partial charge in [-0.25, -0.2) is 0 Å². The summed E-state index contributed by atoms with van der Waals surface area (Å²) in [6.07, 6.45) is 1.93. The maximum absolute atomic E-state index is 13.2. The number of hydrogen-bond donors (Lipinski definition) is 0. The summed E-state index contributed by atoms with van der Waals surface area (Å²) in [7, 11) is 2.13. The van der Waals surface area contributed by atoms with Crippen molar-refractivity contribution in [3.63, 3.8) is 0 Å². The molecule has 0 aliphatic carbocycles. The Morgan fingerprint density at radius 3 is 2.33 bits per heavy atom. The van der Waals surface area contributed by atoms with Gasteiger partial charge in [0.15, 0.2) is 0 Å². The average Bonchev–Trinajstić information content (AvgIpc) is 2.90. The van der Waals surface area contributed by atoms with Crippen molar-refractivity contribution in [2.24, 2.45) is 0 Å². The Hall–Kier alpha value is -1.85. The van der Waals surface area contributed by atoms with Crippen molar-refractivity contribution in [3.05, 3.63) is 63.6 Å². The summed E-state index contributed by atoms with van der Waals surface area (Å²) in [5.41, 5.74) is 3.45. The van der Waals surface area contributed by atoms with Crippen LogP contribution in [-0.4, -0.2) is 55.6 Å². The molecule has 140 valence electrons. The van der Waals surface area contributed by atoms with Crippen molar-refractivity contribution >= 4 is 46.4 Å². The lowest BCUT2D eigenvalue weighted by Gasteiger charge is -2.34. The normalized spacial score (nSPS) is 19.7. The van der Waals surface area contributed by atoms with Crippen molar-refractivity contribution in [3.8, 4) is 0 Å². The first kappa shape index (κ1) is 18.5. The van der Waals surface area contributed by atoms with Crippen LogP contribution in [0.4, 0.5) is 5.69 Å². The summed E-state index contributed by atoms with van der Waals surface area (Å²) in [5, 5.41) is 1.32. The van der Waals surface area contributed by atoms with Crippen molar-refractivity contribution in [2.75, 3.05) is 44.8 Å². The summed E-state index contributed by atoms with van der Waals surface area (Å²) in [5.74, 6) is 0.0149. The number of carbonyl (C=O) groups excluding carboxylic acids is 1. The molecule has 0 spiro atoms. The number of anilines is 1. The molecule has 0 bridgehead atoms. The molecule has 0 unspecified atom stereocenters. The van der Waals surface area contributed by atoms with Crippen LogP contribution in [0, 0.1) is 0 Å². The summed E-state index contributed by atoms with van der Waals surface area (Å²) in [4.78, 5) is 19.7. The fourth-order valence-corrected chi connectivity index (χ4v) is 3.81. The van der Waals surface area contributed by atoms with Gasteiger partial charge in [0, 0.05) is 47.4 Å². The highest BCUT2D eigenvalue weighted by Crippen LogP contribution is 2.39. The van der Waals surface area contributed by atoms with Crippen LogP contribution >= 0.6 is 23.2 Å². The minimum absolute atomic E-state index is 0.0149. The fraction of sp³-hybridized carbons (Fsp3) is 0.286. The molecule has 0 N–H and O–H groups in total. The number of fused-ring (bicyclic) bond motifs is 1. The van der Waals surface area contributed by atoms with Gasteiger partial charge in [-0.1, -0.05) is 41.4 Å². The molecule has 1 amide bonds. The predicted molar refractivity (Wildman–Crippen MR) is 112 cm³/mol. The Balaban J connectivity index is 1.66. The van der Waals surface area contributed by atoms with Gasteiger partial charge in [0.2, 0.25) is 0 Å². The predicted octanol–water partition coefficient (Wildman–Crippen LogP) is 4.09. The zero-order valence-corrected chi connectivity index (χ0v) is 16.7. The van der Waals surface area contributed by atoms with Gasteiger partial charge in [0.05, 0.1) is 12.4 Å². The Bertz CT molecular complexity index is 887. The van der Waals surface area contributed by atoms with Gasteiger partial charge in [0.1, 0.15) is 0 Å². The number of amides is 1. The van der Waals surface area contributed by atoms with Crippen LogP contribution in [0.25, 0.3) is 11.6 Å². The number of piperazine rings is 1. The second-order valence-corrected chi connectivity index (χ2v) is 7.94. The minimum atomic E-state index is 0.0149. The van der Waals surface area contributed by atoms with E-state index in [1.54, 1.807) is 0 Å². The van der Waals surface area contributed by atoms with Crippen LogP contribution in [0.2, 0.25) is 10.0 Å². The van der Waals surface area contributed by atoms with Crippen molar-refractivity contribution < 1.29 is 4.79 Å². The molecule has 0 saturated carbocycles. The zero-order chi connectivity index (χ0) is 19.0. The standard InChI is InChI=1S/C21H21Cl2N3O/c1-24-8-10-25(11-9-24)14-26-20-13-17(23)6-7-18(20)19(21(26)27)12-15-2-4-16(22)5-3-15/h2-7,12-13H,8-11,14H2,1H3/b19-12-. The molecule has 0 radical (unpaired) electrons. The molecule has 0 aromatic heterocycles. The van der Waals surface area contributed by atoms with Crippen molar-refractivity contribution in [2.45, 2.75) is 0 Å². The Labute approximate surface area is 169 Å². The van der Waals surface area contributed by atoms with E-state index in [2.05, 4.69) is 16.8 Å². The summed E-state index contributed by atoms with van der Waals surface area (Å²) < 4.78 is 0. The number of rotatable bonds is 3. The number of likely N-dealkylation sites (N-methyl/N-ethyl adjacent to an activating group) is 1. The molecule has 4 rings (SSSR count). The van der Waals surface area contributed by atoms with Crippen LogP contribution in [0.1, 0.15) is 11.1 Å². The molecular formula is C21H21Cl2N3O. The zero-order valence-electron chi connectivity index (χ0n) is 15.2. The van der Waals surface area contributed by atoms with Gasteiger partial charge in [0.25, 0.3) is 5.91 Å². The highest BCUT2D eigenvalue weighted by atomic mass is 35.5. The van der Waals surface area contributed by atoms with E-state index in [0.29, 0.717) is 22.3 Å². The maximum atomic E-state index is 13.2. The van der Waals surface area contributed by atoms with Gasteiger partial charge < -0.3 is 4.90 Å². The third kappa shape index (κ3) is 3.90. The second-order valence-electron chi connectivity index (χ2n) is 7.07. The van der Waals surface area contributed by atoms with Gasteiger partial charge in [-0.2, -0.15) is 0 Å². The summed E-state index contributed by atoms with van der Waals surface area (Å²) >= 11 is 12.2. The molecule has 1 saturated heterocycles. The van der Waals surface area contributed by atoms with E-state index >= 15 is 0 Å². The Kier molecular flexibility index (Phi) is 5.24. The smallest absolute Gasteiger partial charge is 0.260 e. The van der Waals surface area contributed by atoms with Gasteiger partial charge in [-0.3, -0.25) is 14.6 Å². The molecule has 2 aliphatic heterocycles. The molecular weight excluding hydrogens is 381 g/mol. The van der Waals surface area contributed by atoms with Crippen molar-refractivity contribution in [1.82, 2.24) is 9.80 Å². The molecule has 2 aromatic carbocycles. The highest BCUT2D eigenvalue weighted by Gasteiger charge is 2.34. The maximum Gasteiger partial charge on any atom is 0.260 e. The lowest BCUT2D eigenvalue weighted by molar-refractivity contribution is -0.113. The first-order valence-electron chi connectivity index (χ1n) is 9.01.